The van der Waals surface area contributed by atoms with Crippen LogP contribution in [-0.4, -0.2) is 35.0 Å². The largest absolute Gasteiger partial charge is 0.481 e. The predicted molar refractivity (Wildman–Crippen MR) is 58.8 cm³/mol. The summed E-state index contributed by atoms with van der Waals surface area (Å²) in [6.45, 7) is 5.32. The van der Waals surface area contributed by atoms with E-state index in [0.717, 1.165) is 19.4 Å². The number of hydrogen-bond donors (Lipinski definition) is 1. The second-order valence-electron chi connectivity index (χ2n) is 5.71. The number of carboxylic acid groups (broad SMARTS) is 1. The highest BCUT2D eigenvalue weighted by Crippen LogP contribution is 2.52. The lowest BCUT2D eigenvalue weighted by Crippen LogP contribution is -2.43. The second-order valence-corrected chi connectivity index (χ2v) is 5.71. The zero-order valence-electron chi connectivity index (χ0n) is 9.90. The van der Waals surface area contributed by atoms with Crippen molar-refractivity contribution in [3.05, 3.63) is 0 Å². The van der Waals surface area contributed by atoms with Crippen LogP contribution >= 0.6 is 0 Å². The molecule has 1 saturated heterocycles. The van der Waals surface area contributed by atoms with Gasteiger partial charge >= 0.3 is 5.97 Å². The van der Waals surface area contributed by atoms with E-state index in [-0.39, 0.29) is 23.2 Å². The van der Waals surface area contributed by atoms with Crippen LogP contribution in [0.25, 0.3) is 0 Å². The Morgan fingerprint density at radius 2 is 2.00 bits per heavy atom. The van der Waals surface area contributed by atoms with Crippen LogP contribution in [0.4, 0.5) is 0 Å². The zero-order chi connectivity index (χ0) is 11.9. The summed E-state index contributed by atoms with van der Waals surface area (Å²) in [6.07, 6.45) is 2.46. The van der Waals surface area contributed by atoms with Crippen molar-refractivity contribution in [2.24, 2.45) is 17.3 Å². The highest BCUT2D eigenvalue weighted by molar-refractivity contribution is 5.83. The number of nitrogens with zero attached hydrogens (tertiary/aromatic N) is 1. The molecule has 0 bridgehead atoms. The Bertz CT molecular complexity index is 324. The maximum atomic E-state index is 12.1. The van der Waals surface area contributed by atoms with Gasteiger partial charge in [0.25, 0.3) is 0 Å². The molecule has 1 aliphatic heterocycles. The smallest absolute Gasteiger partial charge is 0.308 e. The number of carbonyl (C=O) groups is 2. The van der Waals surface area contributed by atoms with E-state index in [1.165, 1.54) is 0 Å². The molecule has 0 aromatic rings. The first-order valence-corrected chi connectivity index (χ1v) is 5.93. The van der Waals surface area contributed by atoms with Gasteiger partial charge in [0.05, 0.1) is 5.92 Å². The van der Waals surface area contributed by atoms with Crippen LogP contribution in [0.5, 0.6) is 0 Å². The third-order valence-corrected chi connectivity index (χ3v) is 3.89. The summed E-state index contributed by atoms with van der Waals surface area (Å²) >= 11 is 0. The van der Waals surface area contributed by atoms with Crippen molar-refractivity contribution in [1.82, 2.24) is 4.90 Å². The van der Waals surface area contributed by atoms with Gasteiger partial charge in [0.1, 0.15) is 0 Å². The standard InChI is InChI=1S/C12H19NO3/c1-12(2)6-9(12)10(14)13-5-3-4-8(7-13)11(15)16/h8-9H,3-7H2,1-2H3,(H,15,16)/t8-,9+/m0/s1. The van der Waals surface area contributed by atoms with Gasteiger partial charge in [-0.3, -0.25) is 9.59 Å². The molecule has 90 valence electrons. The maximum absolute atomic E-state index is 12.1. The number of hydrogen-bond acceptors (Lipinski definition) is 2. The Kier molecular flexibility index (Phi) is 2.68. The number of likely N-dealkylation sites (tertiary alicyclic amines) is 1. The molecule has 0 spiro atoms. The third kappa shape index (κ3) is 2.06. The first kappa shape index (κ1) is 11.4. The minimum absolute atomic E-state index is 0.125. The normalized spacial score (nSPS) is 32.2. The fraction of sp³-hybridized carbons (Fsp3) is 0.833. The van der Waals surface area contributed by atoms with Crippen molar-refractivity contribution in [1.29, 1.82) is 0 Å². The zero-order valence-corrected chi connectivity index (χ0v) is 9.90. The van der Waals surface area contributed by atoms with Crippen molar-refractivity contribution in [3.8, 4) is 0 Å². The molecule has 0 unspecified atom stereocenters. The van der Waals surface area contributed by atoms with E-state index in [2.05, 4.69) is 13.8 Å². The van der Waals surface area contributed by atoms with Gasteiger partial charge in [-0.1, -0.05) is 13.8 Å². The summed E-state index contributed by atoms with van der Waals surface area (Å²) in [6, 6.07) is 0. The van der Waals surface area contributed by atoms with Crippen LogP contribution in [0.2, 0.25) is 0 Å². The van der Waals surface area contributed by atoms with Crippen LogP contribution in [0.15, 0.2) is 0 Å². The summed E-state index contributed by atoms with van der Waals surface area (Å²) in [5.41, 5.74) is 0.132. The average Bonchev–Trinajstić information content (AvgIpc) is 2.87. The van der Waals surface area contributed by atoms with Gasteiger partial charge in [-0.25, -0.2) is 0 Å². The molecule has 0 aromatic heterocycles. The van der Waals surface area contributed by atoms with E-state index in [0.29, 0.717) is 13.0 Å². The molecule has 2 atom stereocenters. The van der Waals surface area contributed by atoms with Crippen molar-refractivity contribution in [3.63, 3.8) is 0 Å². The SMILES string of the molecule is CC1(C)C[C@@H]1C(=O)N1CCC[C@H](C(=O)O)C1. The summed E-state index contributed by atoms with van der Waals surface area (Å²) in [5.74, 6) is -0.844. The Labute approximate surface area is 95.6 Å². The van der Waals surface area contributed by atoms with Crippen LogP contribution in [0.3, 0.4) is 0 Å². The number of piperidine rings is 1. The summed E-state index contributed by atoms with van der Waals surface area (Å²) < 4.78 is 0. The molecule has 1 saturated carbocycles. The van der Waals surface area contributed by atoms with E-state index in [1.54, 1.807) is 4.90 Å². The molecule has 0 aromatic carbocycles. The van der Waals surface area contributed by atoms with E-state index < -0.39 is 5.97 Å². The van der Waals surface area contributed by atoms with Gasteiger partial charge in [-0.05, 0) is 24.7 Å². The number of aliphatic carboxylic acids is 1. The highest BCUT2D eigenvalue weighted by atomic mass is 16.4. The van der Waals surface area contributed by atoms with Crippen LogP contribution in [-0.2, 0) is 9.59 Å². The fourth-order valence-corrected chi connectivity index (χ4v) is 2.49. The highest BCUT2D eigenvalue weighted by Gasteiger charge is 2.52. The maximum Gasteiger partial charge on any atom is 0.308 e. The monoisotopic (exact) mass is 225 g/mol. The molecule has 16 heavy (non-hydrogen) atoms. The lowest BCUT2D eigenvalue weighted by Gasteiger charge is -2.31. The lowest BCUT2D eigenvalue weighted by atomic mass is 9.97. The molecule has 4 nitrogen and oxygen atoms in total. The molecular weight excluding hydrogens is 206 g/mol. The van der Waals surface area contributed by atoms with Crippen LogP contribution in [0, 0.1) is 17.3 Å². The minimum atomic E-state index is -0.771. The van der Waals surface area contributed by atoms with Crippen molar-refractivity contribution >= 4 is 11.9 Å². The molecule has 1 heterocycles. The Morgan fingerprint density at radius 1 is 1.38 bits per heavy atom. The topological polar surface area (TPSA) is 57.6 Å². The summed E-state index contributed by atoms with van der Waals surface area (Å²) in [5, 5.41) is 8.96. The molecule has 1 N–H and O–H groups in total. The number of carbonyl (C=O) groups excluding carboxylic acids is 1. The minimum Gasteiger partial charge on any atom is -0.481 e. The van der Waals surface area contributed by atoms with Crippen molar-refractivity contribution in [2.45, 2.75) is 33.1 Å². The average molecular weight is 225 g/mol. The van der Waals surface area contributed by atoms with Crippen LogP contribution < -0.4 is 0 Å². The van der Waals surface area contributed by atoms with Crippen molar-refractivity contribution in [2.75, 3.05) is 13.1 Å². The molecule has 0 radical (unpaired) electrons. The summed E-state index contributed by atoms with van der Waals surface area (Å²) in [4.78, 5) is 24.7. The molecule has 1 amide bonds. The second kappa shape index (κ2) is 3.75. The predicted octanol–water partition coefficient (Wildman–Crippen LogP) is 1.36. The van der Waals surface area contributed by atoms with Crippen molar-refractivity contribution < 1.29 is 14.7 Å². The molecule has 2 fully saturated rings. The molecule has 2 aliphatic rings. The Morgan fingerprint density at radius 3 is 2.50 bits per heavy atom. The Hall–Kier alpha value is -1.06. The number of amides is 1. The third-order valence-electron chi connectivity index (χ3n) is 3.89. The van der Waals surface area contributed by atoms with Gasteiger partial charge in [-0.2, -0.15) is 0 Å². The molecule has 1 aliphatic carbocycles. The van der Waals surface area contributed by atoms with E-state index in [9.17, 15) is 9.59 Å². The molecular formula is C12H19NO3. The first-order chi connectivity index (χ1) is 7.42. The van der Waals surface area contributed by atoms with E-state index >= 15 is 0 Å². The van der Waals surface area contributed by atoms with E-state index in [1.807, 2.05) is 0 Å². The lowest BCUT2D eigenvalue weighted by molar-refractivity contribution is -0.146. The van der Waals surface area contributed by atoms with Gasteiger partial charge in [-0.15, -0.1) is 0 Å². The van der Waals surface area contributed by atoms with Gasteiger partial charge in [0.2, 0.25) is 5.91 Å². The van der Waals surface area contributed by atoms with Crippen LogP contribution in [0.1, 0.15) is 33.1 Å². The summed E-state index contributed by atoms with van der Waals surface area (Å²) in [7, 11) is 0. The Balaban J connectivity index is 1.95. The number of rotatable bonds is 2. The van der Waals surface area contributed by atoms with E-state index in [4.69, 9.17) is 5.11 Å². The molecule has 4 heteroatoms. The van der Waals surface area contributed by atoms with Gasteiger partial charge < -0.3 is 10.0 Å². The van der Waals surface area contributed by atoms with Gasteiger partial charge in [0, 0.05) is 19.0 Å². The van der Waals surface area contributed by atoms with Gasteiger partial charge in [0.15, 0.2) is 0 Å². The molecule has 2 rings (SSSR count). The number of carboxylic acids is 1. The first-order valence-electron chi connectivity index (χ1n) is 5.93. The fourth-order valence-electron chi connectivity index (χ4n) is 2.49. The quantitative estimate of drug-likeness (QED) is 0.772.